The van der Waals surface area contributed by atoms with Crippen LogP contribution in [-0.4, -0.2) is 93.1 Å². The topological polar surface area (TPSA) is 122 Å². The van der Waals surface area contributed by atoms with Crippen molar-refractivity contribution in [2.75, 3.05) is 32.7 Å². The minimum Gasteiger partial charge on any atom is -0.444 e. The van der Waals surface area contributed by atoms with Crippen LogP contribution in [0.3, 0.4) is 0 Å². The van der Waals surface area contributed by atoms with E-state index in [0.29, 0.717) is 63.1 Å². The van der Waals surface area contributed by atoms with Crippen LogP contribution < -0.4 is 10.6 Å². The van der Waals surface area contributed by atoms with Gasteiger partial charge in [0.1, 0.15) is 17.5 Å². The normalized spacial score (nSPS) is 18.9. The maximum Gasteiger partial charge on any atom is 0.410 e. The van der Waals surface area contributed by atoms with Crippen molar-refractivity contribution in [3.05, 3.63) is 77.9 Å². The Labute approximate surface area is 256 Å². The molecule has 2 N–H and O–H groups in total. The molecule has 2 heterocycles. The average Bonchev–Trinajstić information content (AvgIpc) is 3.56. The van der Waals surface area contributed by atoms with Gasteiger partial charge in [-0.1, -0.05) is 17.3 Å². The molecule has 3 atom stereocenters. The van der Waals surface area contributed by atoms with Crippen molar-refractivity contribution in [1.82, 2.24) is 35.4 Å². The van der Waals surface area contributed by atoms with Crippen LogP contribution in [-0.2, 0) is 9.53 Å². The molecule has 2 aliphatic rings. The molecule has 5 rings (SSSR count). The van der Waals surface area contributed by atoms with E-state index in [2.05, 4.69) is 20.9 Å². The van der Waals surface area contributed by atoms with Gasteiger partial charge < -0.3 is 25.2 Å². The van der Waals surface area contributed by atoms with Crippen molar-refractivity contribution in [2.24, 2.45) is 0 Å². The number of hydrogen-bond acceptors (Lipinski definition) is 7. The predicted octanol–water partition coefficient (Wildman–Crippen LogP) is 3.51. The Morgan fingerprint density at radius 1 is 1.00 bits per heavy atom. The summed E-state index contributed by atoms with van der Waals surface area (Å²) in [6.45, 7) is 7.58. The van der Waals surface area contributed by atoms with Crippen LogP contribution in [0.1, 0.15) is 61.9 Å². The van der Waals surface area contributed by atoms with E-state index in [1.165, 1.54) is 12.1 Å². The Balaban J connectivity index is 1.17. The van der Waals surface area contributed by atoms with Crippen LogP contribution >= 0.6 is 0 Å². The van der Waals surface area contributed by atoms with Crippen molar-refractivity contribution >= 4 is 17.9 Å². The number of rotatable bonds is 10. The largest absolute Gasteiger partial charge is 0.444 e. The average molecular weight is 606 g/mol. The number of ether oxygens (including phenoxy) is 1. The van der Waals surface area contributed by atoms with Gasteiger partial charge in [0.05, 0.1) is 18.1 Å². The summed E-state index contributed by atoms with van der Waals surface area (Å²) in [5.74, 6) is -0.395. The van der Waals surface area contributed by atoms with Crippen molar-refractivity contribution in [2.45, 2.75) is 63.6 Å². The zero-order valence-electron chi connectivity index (χ0n) is 25.4. The van der Waals surface area contributed by atoms with E-state index in [9.17, 15) is 18.8 Å². The Bertz CT molecular complexity index is 1420. The zero-order chi connectivity index (χ0) is 31.3. The predicted molar refractivity (Wildman–Crippen MR) is 162 cm³/mol. The first-order valence-electron chi connectivity index (χ1n) is 15.1. The van der Waals surface area contributed by atoms with E-state index in [1.54, 1.807) is 51.1 Å². The fourth-order valence-electron chi connectivity index (χ4n) is 5.36. The lowest BCUT2D eigenvalue weighted by Gasteiger charge is -2.37. The van der Waals surface area contributed by atoms with E-state index in [1.807, 2.05) is 32.9 Å². The molecular weight excluding hydrogens is 565 g/mol. The number of aromatic nitrogens is 3. The molecule has 0 radical (unpaired) electrons. The number of benzene rings is 2. The summed E-state index contributed by atoms with van der Waals surface area (Å²) in [7, 11) is 0. The number of hydrogen-bond donors (Lipinski definition) is 2. The highest BCUT2D eigenvalue weighted by molar-refractivity contribution is 5.97. The maximum absolute atomic E-state index is 13.7. The Hall–Kier alpha value is -4.32. The highest BCUT2D eigenvalue weighted by Crippen LogP contribution is 2.40. The van der Waals surface area contributed by atoms with Gasteiger partial charge in [0.2, 0.25) is 5.91 Å². The van der Waals surface area contributed by atoms with Gasteiger partial charge in [-0.05, 0) is 88.5 Å². The summed E-state index contributed by atoms with van der Waals surface area (Å²) >= 11 is 0. The smallest absolute Gasteiger partial charge is 0.410 e. The number of halogens is 1. The van der Waals surface area contributed by atoms with Gasteiger partial charge in [0, 0.05) is 43.7 Å². The molecule has 3 aromatic rings. The van der Waals surface area contributed by atoms with Crippen molar-refractivity contribution in [3.63, 3.8) is 0 Å². The fraction of sp³-hybridized carbons (Fsp3) is 0.469. The van der Waals surface area contributed by atoms with Crippen LogP contribution in [0.15, 0.2) is 60.9 Å². The summed E-state index contributed by atoms with van der Waals surface area (Å²) in [6.07, 6.45) is 5.00. The maximum atomic E-state index is 13.7. The third-order valence-electron chi connectivity index (χ3n) is 7.83. The highest BCUT2D eigenvalue weighted by Gasteiger charge is 2.38. The molecule has 1 aromatic heterocycles. The minimum atomic E-state index is -0.723. The first-order valence-corrected chi connectivity index (χ1v) is 15.1. The Kier molecular flexibility index (Phi) is 9.58. The fourth-order valence-corrected chi connectivity index (χ4v) is 5.36. The first-order chi connectivity index (χ1) is 21.1. The molecule has 0 spiro atoms. The van der Waals surface area contributed by atoms with Crippen molar-refractivity contribution in [3.8, 4) is 5.69 Å². The van der Waals surface area contributed by atoms with E-state index in [-0.39, 0.29) is 17.6 Å². The Morgan fingerprint density at radius 2 is 1.68 bits per heavy atom. The molecule has 1 saturated heterocycles. The van der Waals surface area contributed by atoms with Crippen LogP contribution in [0, 0.1) is 5.82 Å². The number of carbonyl (C=O) groups is 3. The van der Waals surface area contributed by atoms with Crippen molar-refractivity contribution < 1.29 is 23.5 Å². The van der Waals surface area contributed by atoms with Gasteiger partial charge in [-0.15, -0.1) is 5.10 Å². The molecule has 1 saturated carbocycles. The second-order valence-corrected chi connectivity index (χ2v) is 12.3. The third-order valence-corrected chi connectivity index (χ3v) is 7.83. The molecular formula is C32H40FN7O4. The summed E-state index contributed by atoms with van der Waals surface area (Å²) in [5, 5.41) is 14.3. The molecule has 3 amide bonds. The van der Waals surface area contributed by atoms with Gasteiger partial charge >= 0.3 is 6.09 Å². The molecule has 11 nitrogen and oxygen atoms in total. The number of nitrogens with one attached hydrogen (secondary N) is 2. The molecule has 1 aliphatic heterocycles. The van der Waals surface area contributed by atoms with Gasteiger partial charge in [-0.25, -0.2) is 13.9 Å². The van der Waals surface area contributed by atoms with Crippen LogP contribution in [0.25, 0.3) is 5.69 Å². The summed E-state index contributed by atoms with van der Waals surface area (Å²) in [6, 6.07) is 13.1. The molecule has 2 aromatic carbocycles. The number of nitrogens with zero attached hydrogens (tertiary/aromatic N) is 5. The monoisotopic (exact) mass is 605 g/mol. The minimum absolute atomic E-state index is 0.169. The number of piperazine rings is 1. The summed E-state index contributed by atoms with van der Waals surface area (Å²) in [5.41, 5.74) is 1.71. The van der Waals surface area contributed by atoms with Crippen molar-refractivity contribution in [1.29, 1.82) is 0 Å². The number of amides is 3. The molecule has 0 bridgehead atoms. The van der Waals surface area contributed by atoms with Gasteiger partial charge in [0.25, 0.3) is 5.91 Å². The lowest BCUT2D eigenvalue weighted by molar-refractivity contribution is -0.135. The molecule has 234 valence electrons. The standard InChI is InChI=1S/C32H40FN7O4/c1-32(2,3)44-31(43)39-19-17-38(18-20-39)30(42)27(5-4-14-34-28-21-26(28)22-6-10-24(33)11-7-22)36-29(41)23-8-12-25(13-9-23)40-16-15-35-37-40/h6-13,15-16,26-28,34H,4-5,14,17-21H2,1-3H3,(H,36,41)/t26-,27-,28+/m0/s1. The molecule has 1 aliphatic carbocycles. The van der Waals surface area contributed by atoms with Gasteiger partial charge in [-0.3, -0.25) is 9.59 Å². The highest BCUT2D eigenvalue weighted by atomic mass is 19.1. The molecule has 2 fully saturated rings. The molecule has 12 heteroatoms. The van der Waals surface area contributed by atoms with Gasteiger partial charge in [0.15, 0.2) is 0 Å². The van der Waals surface area contributed by atoms with Crippen LogP contribution in [0.4, 0.5) is 9.18 Å². The van der Waals surface area contributed by atoms with Crippen LogP contribution in [0.2, 0.25) is 0 Å². The Morgan fingerprint density at radius 3 is 2.32 bits per heavy atom. The first kappa shape index (κ1) is 31.1. The molecule has 44 heavy (non-hydrogen) atoms. The number of carbonyl (C=O) groups excluding carboxylic acids is 3. The van der Waals surface area contributed by atoms with E-state index in [4.69, 9.17) is 4.74 Å². The lowest BCUT2D eigenvalue weighted by atomic mass is 10.1. The SMILES string of the molecule is CC(C)(C)OC(=O)N1CCN(C(=O)[C@H](CCCN[C@@H]2C[C@H]2c2ccc(F)cc2)NC(=O)c2ccc(-n3ccnn3)cc2)CC1. The lowest BCUT2D eigenvalue weighted by Crippen LogP contribution is -2.56. The second kappa shape index (κ2) is 13.5. The van der Waals surface area contributed by atoms with Gasteiger partial charge in [-0.2, -0.15) is 0 Å². The third kappa shape index (κ3) is 8.19. The second-order valence-electron chi connectivity index (χ2n) is 12.3. The summed E-state index contributed by atoms with van der Waals surface area (Å²) < 4.78 is 20.3. The van der Waals surface area contributed by atoms with Crippen LogP contribution in [0.5, 0.6) is 0 Å². The summed E-state index contributed by atoms with van der Waals surface area (Å²) in [4.78, 5) is 42.8. The van der Waals surface area contributed by atoms with E-state index in [0.717, 1.165) is 17.7 Å². The quantitative estimate of drug-likeness (QED) is 0.339. The molecule has 0 unspecified atom stereocenters. The van der Waals surface area contributed by atoms with E-state index < -0.39 is 17.7 Å². The zero-order valence-corrected chi connectivity index (χ0v) is 25.4. The van der Waals surface area contributed by atoms with E-state index >= 15 is 0 Å².